The lowest BCUT2D eigenvalue weighted by Crippen LogP contribution is -2.29. The first-order chi connectivity index (χ1) is 27.3. The second-order valence-corrected chi connectivity index (χ2v) is 17.4. The van der Waals surface area contributed by atoms with E-state index in [1.165, 1.54) is 148 Å². The Hall–Kier alpha value is -1.25. The minimum atomic E-state index is -4.35. The zero-order chi connectivity index (χ0) is 41.1. The number of unbranched alkanes of at least 4 members (excludes halogenated alkanes) is 29. The van der Waals surface area contributed by atoms with Gasteiger partial charge in [-0.1, -0.05) is 193 Å². The van der Waals surface area contributed by atoms with Crippen LogP contribution in [0.5, 0.6) is 0 Å². The Balaban J connectivity index is 4.13. The van der Waals surface area contributed by atoms with E-state index < -0.39 is 26.5 Å². The number of hydrogen-bond donors (Lipinski definition) is 2. The van der Waals surface area contributed by atoms with Crippen molar-refractivity contribution in [3.63, 3.8) is 0 Å². The Morgan fingerprint density at radius 3 is 1.32 bits per heavy atom. The molecular formula is C46H90NO8P. The van der Waals surface area contributed by atoms with Crippen molar-refractivity contribution >= 4 is 19.8 Å². The van der Waals surface area contributed by atoms with Gasteiger partial charge in [0.05, 0.1) is 13.2 Å². The number of rotatable bonds is 45. The van der Waals surface area contributed by atoms with Gasteiger partial charge in [-0.05, 0) is 45.6 Å². The molecule has 2 atom stereocenters. The van der Waals surface area contributed by atoms with Gasteiger partial charge in [-0.15, -0.1) is 0 Å². The topological polar surface area (TPSA) is 120 Å². The van der Waals surface area contributed by atoms with E-state index in [1.54, 1.807) is 7.05 Å². The van der Waals surface area contributed by atoms with Crippen LogP contribution in [0, 0.1) is 0 Å². The SMILES string of the molecule is CCCCCCCC/C=C\CCCCCCCC(=O)OC(COC(=O)CCCCCCCCCCCCCCCCCCCCC)COP(=O)(O)OCCNC. The van der Waals surface area contributed by atoms with Crippen LogP contribution in [0.25, 0.3) is 0 Å². The number of ether oxygens (including phenoxy) is 2. The molecule has 0 aromatic carbocycles. The third-order valence-corrected chi connectivity index (χ3v) is 11.4. The van der Waals surface area contributed by atoms with Crippen molar-refractivity contribution in [2.45, 2.75) is 238 Å². The number of allylic oxidation sites excluding steroid dienone is 2. The van der Waals surface area contributed by atoms with Crippen LogP contribution in [-0.4, -0.2) is 56.3 Å². The van der Waals surface area contributed by atoms with Crippen molar-refractivity contribution in [3.05, 3.63) is 12.2 Å². The van der Waals surface area contributed by atoms with E-state index in [1.807, 2.05) is 0 Å². The summed E-state index contributed by atoms with van der Waals surface area (Å²) in [6.07, 6.45) is 44.0. The van der Waals surface area contributed by atoms with Crippen molar-refractivity contribution in [1.29, 1.82) is 0 Å². The molecule has 0 fully saturated rings. The minimum Gasteiger partial charge on any atom is -0.462 e. The predicted molar refractivity (Wildman–Crippen MR) is 234 cm³/mol. The number of carbonyl (C=O) groups excluding carboxylic acids is 2. The molecule has 0 saturated heterocycles. The summed E-state index contributed by atoms with van der Waals surface area (Å²) >= 11 is 0. The zero-order valence-electron chi connectivity index (χ0n) is 36.9. The number of carbonyl (C=O) groups is 2. The van der Waals surface area contributed by atoms with Crippen molar-refractivity contribution in [2.24, 2.45) is 0 Å². The first kappa shape index (κ1) is 54.8. The van der Waals surface area contributed by atoms with E-state index in [9.17, 15) is 19.0 Å². The zero-order valence-corrected chi connectivity index (χ0v) is 37.7. The van der Waals surface area contributed by atoms with Gasteiger partial charge in [0, 0.05) is 19.4 Å². The Morgan fingerprint density at radius 1 is 0.536 bits per heavy atom. The van der Waals surface area contributed by atoms with Crippen LogP contribution in [0.2, 0.25) is 0 Å². The van der Waals surface area contributed by atoms with Crippen LogP contribution < -0.4 is 5.32 Å². The standard InChI is InChI=1S/C46H90NO8P/c1-4-6-8-10-12-14-16-18-20-21-22-23-25-26-28-30-32-34-36-38-45(48)52-42-44(43-54-56(50,51)53-41-40-47-3)55-46(49)39-37-35-33-31-29-27-24-19-17-15-13-11-9-7-5-2/h19,24,44,47H,4-18,20-23,25-43H2,1-3H3,(H,50,51)/b24-19-. The van der Waals surface area contributed by atoms with E-state index in [0.717, 1.165) is 51.4 Å². The van der Waals surface area contributed by atoms with Crippen LogP contribution in [0.3, 0.4) is 0 Å². The molecule has 0 aliphatic rings. The normalized spacial score (nSPS) is 13.3. The molecule has 0 radical (unpaired) electrons. The fourth-order valence-corrected chi connectivity index (χ4v) is 7.54. The number of likely N-dealkylation sites (N-methyl/N-ethyl adjacent to an activating group) is 1. The molecule has 0 saturated carbocycles. The van der Waals surface area contributed by atoms with Gasteiger partial charge in [0.25, 0.3) is 0 Å². The molecule has 332 valence electrons. The molecule has 0 rings (SSSR count). The molecule has 0 aliphatic carbocycles. The highest BCUT2D eigenvalue weighted by atomic mass is 31.2. The van der Waals surface area contributed by atoms with Gasteiger partial charge in [-0.2, -0.15) is 0 Å². The van der Waals surface area contributed by atoms with Crippen LogP contribution in [0.15, 0.2) is 12.2 Å². The molecule has 0 aromatic rings. The van der Waals surface area contributed by atoms with Gasteiger partial charge in [0.2, 0.25) is 0 Å². The van der Waals surface area contributed by atoms with Gasteiger partial charge in [-0.25, -0.2) is 4.57 Å². The fraction of sp³-hybridized carbons (Fsp3) is 0.913. The first-order valence-electron chi connectivity index (χ1n) is 23.6. The van der Waals surface area contributed by atoms with Gasteiger partial charge in [0.15, 0.2) is 6.10 Å². The monoisotopic (exact) mass is 816 g/mol. The van der Waals surface area contributed by atoms with Gasteiger partial charge in [0.1, 0.15) is 6.61 Å². The Morgan fingerprint density at radius 2 is 0.911 bits per heavy atom. The molecular weight excluding hydrogens is 725 g/mol. The van der Waals surface area contributed by atoms with Crippen LogP contribution in [-0.2, 0) is 32.7 Å². The van der Waals surface area contributed by atoms with E-state index in [0.29, 0.717) is 19.4 Å². The van der Waals surface area contributed by atoms with Gasteiger partial charge in [-0.3, -0.25) is 18.6 Å². The Labute approximate surface area is 345 Å². The summed E-state index contributed by atoms with van der Waals surface area (Å²) in [7, 11) is -2.64. The molecule has 56 heavy (non-hydrogen) atoms. The second kappa shape index (κ2) is 43.3. The third-order valence-electron chi connectivity index (χ3n) is 10.4. The molecule has 0 amide bonds. The molecule has 2 unspecified atom stereocenters. The highest BCUT2D eigenvalue weighted by Gasteiger charge is 2.26. The molecule has 0 heterocycles. The molecule has 9 nitrogen and oxygen atoms in total. The van der Waals surface area contributed by atoms with Crippen molar-refractivity contribution < 1.29 is 37.6 Å². The van der Waals surface area contributed by atoms with Crippen molar-refractivity contribution in [1.82, 2.24) is 5.32 Å². The summed E-state index contributed by atoms with van der Waals surface area (Å²) in [5, 5.41) is 2.83. The van der Waals surface area contributed by atoms with Gasteiger partial charge < -0.3 is 19.7 Å². The maximum Gasteiger partial charge on any atom is 0.472 e. The third kappa shape index (κ3) is 42.4. The van der Waals surface area contributed by atoms with E-state index in [2.05, 4.69) is 31.3 Å². The van der Waals surface area contributed by atoms with E-state index >= 15 is 0 Å². The maximum absolute atomic E-state index is 12.6. The minimum absolute atomic E-state index is 0.0152. The fourth-order valence-electron chi connectivity index (χ4n) is 6.78. The lowest BCUT2D eigenvalue weighted by atomic mass is 10.0. The van der Waals surface area contributed by atoms with Crippen molar-refractivity contribution in [3.8, 4) is 0 Å². The van der Waals surface area contributed by atoms with E-state index in [4.69, 9.17) is 18.5 Å². The summed E-state index contributed by atoms with van der Waals surface area (Å²) in [6.45, 7) is 4.25. The number of phosphoric acid groups is 1. The molecule has 0 bridgehead atoms. The molecule has 0 aromatic heterocycles. The summed E-state index contributed by atoms with van der Waals surface area (Å²) in [6, 6.07) is 0. The number of phosphoric ester groups is 1. The highest BCUT2D eigenvalue weighted by molar-refractivity contribution is 7.47. The van der Waals surface area contributed by atoms with Crippen LogP contribution in [0.4, 0.5) is 0 Å². The molecule has 10 heteroatoms. The summed E-state index contributed by atoms with van der Waals surface area (Å²) in [4.78, 5) is 35.1. The average molecular weight is 816 g/mol. The summed E-state index contributed by atoms with van der Waals surface area (Å²) in [5.41, 5.74) is 0. The molecule has 2 N–H and O–H groups in total. The first-order valence-corrected chi connectivity index (χ1v) is 25.1. The Kier molecular flexibility index (Phi) is 42.4. The number of hydrogen-bond acceptors (Lipinski definition) is 8. The summed E-state index contributed by atoms with van der Waals surface area (Å²) in [5.74, 6) is -0.803. The lowest BCUT2D eigenvalue weighted by molar-refractivity contribution is -0.161. The largest absolute Gasteiger partial charge is 0.472 e. The maximum atomic E-state index is 12.6. The Bertz CT molecular complexity index is 933. The van der Waals surface area contributed by atoms with E-state index in [-0.39, 0.29) is 25.6 Å². The quantitative estimate of drug-likeness (QED) is 0.0268. The molecule has 0 spiro atoms. The van der Waals surface area contributed by atoms with Gasteiger partial charge >= 0.3 is 19.8 Å². The lowest BCUT2D eigenvalue weighted by Gasteiger charge is -2.20. The highest BCUT2D eigenvalue weighted by Crippen LogP contribution is 2.43. The molecule has 0 aliphatic heterocycles. The average Bonchev–Trinajstić information content (AvgIpc) is 3.18. The van der Waals surface area contributed by atoms with Crippen LogP contribution >= 0.6 is 7.82 Å². The smallest absolute Gasteiger partial charge is 0.462 e. The number of nitrogens with one attached hydrogen (secondary N) is 1. The predicted octanol–water partition coefficient (Wildman–Crippen LogP) is 13.7. The second-order valence-electron chi connectivity index (χ2n) is 15.9. The van der Waals surface area contributed by atoms with Crippen LogP contribution in [0.1, 0.15) is 232 Å². The number of esters is 2. The summed E-state index contributed by atoms with van der Waals surface area (Å²) < 4.78 is 33.2. The van der Waals surface area contributed by atoms with Crippen molar-refractivity contribution in [2.75, 3.05) is 33.4 Å².